The van der Waals surface area contributed by atoms with Gasteiger partial charge in [0.2, 0.25) is 0 Å². The third kappa shape index (κ3) is 5.96. The van der Waals surface area contributed by atoms with Crippen molar-refractivity contribution in [2.75, 3.05) is 0 Å². The third-order valence-corrected chi connectivity index (χ3v) is 6.71. The molecule has 6 nitrogen and oxygen atoms in total. The molecule has 1 atom stereocenters. The Morgan fingerprint density at radius 1 is 0.725 bits per heavy atom. The number of fused-ring (bicyclic) bond motifs is 1. The lowest BCUT2D eigenvalue weighted by atomic mass is 9.92. The molecule has 0 amide bonds. The molecule has 3 aromatic carbocycles. The van der Waals surface area contributed by atoms with Crippen molar-refractivity contribution < 1.29 is 28.6 Å². The molecule has 204 valence electrons. The third-order valence-electron chi connectivity index (χ3n) is 6.71. The van der Waals surface area contributed by atoms with Crippen molar-refractivity contribution in [2.45, 2.75) is 46.6 Å². The largest absolute Gasteiger partial charge is 0.454 e. The minimum atomic E-state index is -0.623. The summed E-state index contributed by atoms with van der Waals surface area (Å²) < 4.78 is 16.6. The predicted molar refractivity (Wildman–Crippen MR) is 155 cm³/mol. The second-order valence-electron chi connectivity index (χ2n) is 10.1. The van der Waals surface area contributed by atoms with Crippen LogP contribution >= 0.6 is 0 Å². The summed E-state index contributed by atoms with van der Waals surface area (Å²) in [6.45, 7) is 17.7. The van der Waals surface area contributed by atoms with Crippen LogP contribution in [0.4, 0.5) is 0 Å². The fourth-order valence-electron chi connectivity index (χ4n) is 4.61. The van der Waals surface area contributed by atoms with Crippen molar-refractivity contribution in [2.24, 2.45) is 0 Å². The van der Waals surface area contributed by atoms with E-state index in [2.05, 4.69) is 31.9 Å². The summed E-state index contributed by atoms with van der Waals surface area (Å²) in [6.07, 6.45) is 1.26. The van der Waals surface area contributed by atoms with Gasteiger partial charge in [-0.25, -0.2) is 14.4 Å². The molecule has 0 aromatic heterocycles. The molecule has 6 heteroatoms. The number of carbonyl (C=O) groups is 3. The van der Waals surface area contributed by atoms with Crippen molar-refractivity contribution in [3.8, 4) is 33.8 Å². The van der Waals surface area contributed by atoms with Gasteiger partial charge in [-0.1, -0.05) is 62.2 Å². The first-order valence-electron chi connectivity index (χ1n) is 12.9. The van der Waals surface area contributed by atoms with E-state index in [4.69, 9.17) is 14.2 Å². The van der Waals surface area contributed by atoms with Crippen molar-refractivity contribution in [1.29, 1.82) is 0 Å². The van der Waals surface area contributed by atoms with Crippen LogP contribution in [-0.2, 0) is 25.5 Å². The number of ether oxygens (including phenoxy) is 3. The van der Waals surface area contributed by atoms with E-state index < -0.39 is 11.9 Å². The van der Waals surface area contributed by atoms with E-state index in [1.54, 1.807) is 26.0 Å². The van der Waals surface area contributed by atoms with Gasteiger partial charge in [0.1, 0.15) is 6.10 Å². The lowest BCUT2D eigenvalue weighted by Crippen LogP contribution is -2.12. The number of carbonyl (C=O) groups excluding carboxylic acids is 3. The Hall–Kier alpha value is -4.71. The number of esters is 3. The van der Waals surface area contributed by atoms with Crippen molar-refractivity contribution >= 4 is 17.9 Å². The number of rotatable bonds is 8. The molecule has 0 aliphatic heterocycles. The van der Waals surface area contributed by atoms with E-state index in [1.165, 1.54) is 12.5 Å². The van der Waals surface area contributed by atoms with Gasteiger partial charge in [-0.15, -0.1) is 0 Å². The van der Waals surface area contributed by atoms with Gasteiger partial charge in [-0.3, -0.25) is 0 Å². The Kier molecular flexibility index (Phi) is 8.19. The molecule has 3 aromatic rings. The Morgan fingerprint density at radius 3 is 1.95 bits per heavy atom. The summed E-state index contributed by atoms with van der Waals surface area (Å²) >= 11 is 0. The standard InChI is InChI=1S/C34H32O6/c1-19(2)32(35)38-29-16-14-27-26(9-8-10-28(27)29)23-11-13-25(22(7)17-23)24-12-15-30(39-33(36)20(3)4)31(18-24)40-34(37)21(5)6/h8-13,15,17-18,29H,1,3,5,14,16H2,2,4,6-7H3. The number of aryl methyl sites for hydroxylation is 1. The fourth-order valence-corrected chi connectivity index (χ4v) is 4.61. The van der Waals surface area contributed by atoms with Crippen LogP contribution in [0.3, 0.4) is 0 Å². The summed E-state index contributed by atoms with van der Waals surface area (Å²) in [4.78, 5) is 36.6. The van der Waals surface area contributed by atoms with Gasteiger partial charge in [-0.05, 0) is 91.6 Å². The van der Waals surface area contributed by atoms with Crippen LogP contribution < -0.4 is 9.47 Å². The molecule has 4 rings (SSSR count). The van der Waals surface area contributed by atoms with Crippen LogP contribution in [0, 0.1) is 6.92 Å². The zero-order valence-electron chi connectivity index (χ0n) is 23.3. The summed E-state index contributed by atoms with van der Waals surface area (Å²) in [5, 5.41) is 0. The van der Waals surface area contributed by atoms with Gasteiger partial charge >= 0.3 is 17.9 Å². The first-order chi connectivity index (χ1) is 19.0. The topological polar surface area (TPSA) is 78.9 Å². The number of benzene rings is 3. The molecule has 0 saturated carbocycles. The molecule has 0 spiro atoms. The normalized spacial score (nSPS) is 13.7. The molecule has 0 N–H and O–H groups in total. The fraction of sp³-hybridized carbons (Fsp3) is 0.206. The molecular formula is C34H32O6. The molecule has 0 fully saturated rings. The van der Waals surface area contributed by atoms with E-state index in [9.17, 15) is 14.4 Å². The van der Waals surface area contributed by atoms with Gasteiger partial charge in [0.05, 0.1) is 0 Å². The Balaban J connectivity index is 1.68. The average Bonchev–Trinajstić information content (AvgIpc) is 3.32. The van der Waals surface area contributed by atoms with E-state index in [-0.39, 0.29) is 34.7 Å². The number of hydrogen-bond donors (Lipinski definition) is 0. The molecule has 0 radical (unpaired) electrons. The first kappa shape index (κ1) is 28.3. The molecule has 40 heavy (non-hydrogen) atoms. The van der Waals surface area contributed by atoms with Gasteiger partial charge in [0.25, 0.3) is 0 Å². The molecule has 1 unspecified atom stereocenters. The average molecular weight is 537 g/mol. The van der Waals surface area contributed by atoms with Crippen LogP contribution in [0.15, 0.2) is 91.1 Å². The zero-order chi connectivity index (χ0) is 29.1. The van der Waals surface area contributed by atoms with E-state index in [1.807, 2.05) is 37.3 Å². The summed E-state index contributed by atoms with van der Waals surface area (Å²) in [5.41, 5.74) is 7.88. The van der Waals surface area contributed by atoms with Crippen molar-refractivity contribution in [3.05, 3.63) is 108 Å². The molecule has 1 aliphatic carbocycles. The molecule has 1 aliphatic rings. The SMILES string of the molecule is C=C(C)C(=O)Oc1ccc(-c2ccc(-c3cccc4c3CCC4OC(=O)C(=C)C)cc2C)cc1OC(=O)C(=C)C. The quantitative estimate of drug-likeness (QED) is 0.170. The smallest absolute Gasteiger partial charge is 0.338 e. The number of hydrogen-bond acceptors (Lipinski definition) is 6. The lowest BCUT2D eigenvalue weighted by molar-refractivity contribution is -0.144. The summed E-state index contributed by atoms with van der Waals surface area (Å²) in [7, 11) is 0. The van der Waals surface area contributed by atoms with Crippen LogP contribution in [-0.4, -0.2) is 17.9 Å². The highest BCUT2D eigenvalue weighted by molar-refractivity contribution is 5.91. The highest BCUT2D eigenvalue weighted by atomic mass is 16.6. The lowest BCUT2D eigenvalue weighted by Gasteiger charge is -2.16. The van der Waals surface area contributed by atoms with Crippen LogP contribution in [0.5, 0.6) is 11.5 Å². The van der Waals surface area contributed by atoms with Crippen LogP contribution in [0.25, 0.3) is 22.3 Å². The highest BCUT2D eigenvalue weighted by Crippen LogP contribution is 2.41. The monoisotopic (exact) mass is 536 g/mol. The Bertz CT molecular complexity index is 1580. The van der Waals surface area contributed by atoms with E-state index in [0.29, 0.717) is 5.57 Å². The maximum Gasteiger partial charge on any atom is 0.338 e. The van der Waals surface area contributed by atoms with E-state index in [0.717, 1.165) is 46.2 Å². The summed E-state index contributed by atoms with van der Waals surface area (Å²) in [5.74, 6) is -1.39. The van der Waals surface area contributed by atoms with Crippen LogP contribution in [0.1, 0.15) is 50.0 Å². The van der Waals surface area contributed by atoms with Crippen molar-refractivity contribution in [1.82, 2.24) is 0 Å². The predicted octanol–water partition coefficient (Wildman–Crippen LogP) is 7.40. The van der Waals surface area contributed by atoms with E-state index >= 15 is 0 Å². The maximum atomic E-state index is 12.3. The minimum absolute atomic E-state index is 0.111. The van der Waals surface area contributed by atoms with Gasteiger partial charge in [-0.2, -0.15) is 0 Å². The molecule has 0 heterocycles. The zero-order valence-corrected chi connectivity index (χ0v) is 23.3. The maximum absolute atomic E-state index is 12.3. The second kappa shape index (κ2) is 11.6. The van der Waals surface area contributed by atoms with Crippen LogP contribution in [0.2, 0.25) is 0 Å². The molecule has 0 saturated heterocycles. The summed E-state index contributed by atoms with van der Waals surface area (Å²) in [6, 6.07) is 17.3. The minimum Gasteiger partial charge on any atom is -0.454 e. The molecular weight excluding hydrogens is 504 g/mol. The Morgan fingerprint density at radius 2 is 1.32 bits per heavy atom. The van der Waals surface area contributed by atoms with Gasteiger partial charge in [0.15, 0.2) is 11.5 Å². The highest BCUT2D eigenvalue weighted by Gasteiger charge is 2.28. The van der Waals surface area contributed by atoms with Gasteiger partial charge in [0, 0.05) is 16.7 Å². The Labute approximate surface area is 234 Å². The van der Waals surface area contributed by atoms with Gasteiger partial charge < -0.3 is 14.2 Å². The molecule has 0 bridgehead atoms. The second-order valence-corrected chi connectivity index (χ2v) is 10.1. The van der Waals surface area contributed by atoms with Crippen molar-refractivity contribution in [3.63, 3.8) is 0 Å². The first-order valence-corrected chi connectivity index (χ1v) is 12.9.